The van der Waals surface area contributed by atoms with Gasteiger partial charge in [-0.15, -0.1) is 0 Å². The molecule has 3 N–H and O–H groups in total. The van der Waals surface area contributed by atoms with E-state index >= 15 is 0 Å². The van der Waals surface area contributed by atoms with E-state index in [1.807, 2.05) is 23.1 Å². The fraction of sp³-hybridized carbons (Fsp3) is 0.533. The SMILES string of the molecule is CN1CCN(C(=O)CCC(N)(O)c2ccccc2)CC1. The third-order valence-electron chi connectivity index (χ3n) is 3.85. The lowest BCUT2D eigenvalue weighted by molar-refractivity contribution is -0.134. The van der Waals surface area contributed by atoms with Gasteiger partial charge in [0.15, 0.2) is 0 Å². The average molecular weight is 277 g/mol. The van der Waals surface area contributed by atoms with Crippen LogP contribution in [0.4, 0.5) is 0 Å². The summed E-state index contributed by atoms with van der Waals surface area (Å²) in [7, 11) is 2.05. The van der Waals surface area contributed by atoms with Crippen LogP contribution in [0.3, 0.4) is 0 Å². The zero-order valence-electron chi connectivity index (χ0n) is 12.0. The molecule has 0 aliphatic carbocycles. The highest BCUT2D eigenvalue weighted by Gasteiger charge is 2.26. The molecule has 0 radical (unpaired) electrons. The summed E-state index contributed by atoms with van der Waals surface area (Å²) in [5, 5.41) is 10.3. The first-order valence-electron chi connectivity index (χ1n) is 7.02. The van der Waals surface area contributed by atoms with Gasteiger partial charge in [-0.3, -0.25) is 10.5 Å². The molecule has 1 aromatic carbocycles. The van der Waals surface area contributed by atoms with Gasteiger partial charge in [-0.05, 0) is 12.6 Å². The summed E-state index contributed by atoms with van der Waals surface area (Å²) < 4.78 is 0. The van der Waals surface area contributed by atoms with Crippen LogP contribution in [0.5, 0.6) is 0 Å². The number of rotatable bonds is 4. The molecule has 1 unspecified atom stereocenters. The van der Waals surface area contributed by atoms with Gasteiger partial charge in [0.1, 0.15) is 5.72 Å². The number of piperazine rings is 1. The van der Waals surface area contributed by atoms with Gasteiger partial charge in [-0.1, -0.05) is 30.3 Å². The first kappa shape index (κ1) is 15.0. The lowest BCUT2D eigenvalue weighted by Crippen LogP contribution is -2.47. The summed E-state index contributed by atoms with van der Waals surface area (Å²) in [6, 6.07) is 9.08. The van der Waals surface area contributed by atoms with Crippen molar-refractivity contribution >= 4 is 5.91 Å². The van der Waals surface area contributed by atoms with Crippen LogP contribution >= 0.6 is 0 Å². The number of nitrogens with two attached hydrogens (primary N) is 1. The van der Waals surface area contributed by atoms with E-state index < -0.39 is 5.72 Å². The Kier molecular flexibility index (Phi) is 4.75. The summed E-state index contributed by atoms with van der Waals surface area (Å²) in [6.07, 6.45) is 0.508. The van der Waals surface area contributed by atoms with Gasteiger partial charge in [0, 0.05) is 39.0 Å². The van der Waals surface area contributed by atoms with Crippen molar-refractivity contribution in [2.45, 2.75) is 18.6 Å². The molecule has 1 aromatic rings. The highest BCUT2D eigenvalue weighted by Crippen LogP contribution is 2.21. The molecule has 5 heteroatoms. The van der Waals surface area contributed by atoms with E-state index in [-0.39, 0.29) is 18.7 Å². The zero-order valence-corrected chi connectivity index (χ0v) is 12.0. The number of hydrogen-bond donors (Lipinski definition) is 2. The highest BCUT2D eigenvalue weighted by atomic mass is 16.3. The fourth-order valence-electron chi connectivity index (χ4n) is 2.38. The number of benzene rings is 1. The minimum Gasteiger partial charge on any atom is -0.372 e. The van der Waals surface area contributed by atoms with Crippen LogP contribution in [-0.4, -0.2) is 54.0 Å². The van der Waals surface area contributed by atoms with E-state index in [2.05, 4.69) is 11.9 Å². The maximum Gasteiger partial charge on any atom is 0.222 e. The Bertz CT molecular complexity index is 440. The molecule has 1 atom stereocenters. The minimum atomic E-state index is -1.44. The van der Waals surface area contributed by atoms with Crippen LogP contribution in [0.25, 0.3) is 0 Å². The molecule has 20 heavy (non-hydrogen) atoms. The van der Waals surface area contributed by atoms with Crippen LogP contribution in [0.2, 0.25) is 0 Å². The predicted octanol–water partition coefficient (Wildman–Crippen LogP) is 0.345. The van der Waals surface area contributed by atoms with Crippen LogP contribution < -0.4 is 5.73 Å². The molecule has 0 bridgehead atoms. The Morgan fingerprint density at radius 3 is 2.45 bits per heavy atom. The Morgan fingerprint density at radius 1 is 1.25 bits per heavy atom. The second-order valence-electron chi connectivity index (χ2n) is 5.47. The Labute approximate surface area is 120 Å². The van der Waals surface area contributed by atoms with Crippen LogP contribution in [0.15, 0.2) is 30.3 Å². The summed E-state index contributed by atoms with van der Waals surface area (Å²) in [5.74, 6) is 0.0675. The van der Waals surface area contributed by atoms with Crippen molar-refractivity contribution in [2.24, 2.45) is 5.73 Å². The number of carbonyl (C=O) groups is 1. The van der Waals surface area contributed by atoms with Gasteiger partial charge in [0.25, 0.3) is 0 Å². The average Bonchev–Trinajstić information content (AvgIpc) is 2.46. The second kappa shape index (κ2) is 6.35. The van der Waals surface area contributed by atoms with Gasteiger partial charge in [0.2, 0.25) is 5.91 Å². The van der Waals surface area contributed by atoms with Crippen molar-refractivity contribution in [1.82, 2.24) is 9.80 Å². The lowest BCUT2D eigenvalue weighted by Gasteiger charge is -2.33. The van der Waals surface area contributed by atoms with Gasteiger partial charge in [-0.2, -0.15) is 0 Å². The van der Waals surface area contributed by atoms with E-state index in [0.717, 1.165) is 26.2 Å². The number of amides is 1. The van der Waals surface area contributed by atoms with Crippen molar-refractivity contribution < 1.29 is 9.90 Å². The molecule has 2 rings (SSSR count). The van der Waals surface area contributed by atoms with E-state index in [0.29, 0.717) is 5.56 Å². The minimum absolute atomic E-state index is 0.0675. The van der Waals surface area contributed by atoms with Crippen molar-refractivity contribution in [3.8, 4) is 0 Å². The quantitative estimate of drug-likeness (QED) is 0.779. The largest absolute Gasteiger partial charge is 0.372 e. The van der Waals surface area contributed by atoms with Crippen LogP contribution in [0, 0.1) is 0 Å². The van der Waals surface area contributed by atoms with Crippen molar-refractivity contribution in [1.29, 1.82) is 0 Å². The van der Waals surface area contributed by atoms with Crippen LogP contribution in [-0.2, 0) is 10.5 Å². The third kappa shape index (κ3) is 3.79. The van der Waals surface area contributed by atoms with Crippen LogP contribution in [0.1, 0.15) is 18.4 Å². The van der Waals surface area contributed by atoms with Crippen molar-refractivity contribution in [3.63, 3.8) is 0 Å². The van der Waals surface area contributed by atoms with Crippen molar-refractivity contribution in [3.05, 3.63) is 35.9 Å². The summed E-state index contributed by atoms with van der Waals surface area (Å²) in [4.78, 5) is 16.2. The number of aliphatic hydroxyl groups is 1. The number of hydrogen-bond acceptors (Lipinski definition) is 4. The maximum atomic E-state index is 12.1. The molecule has 1 aliphatic rings. The second-order valence-corrected chi connectivity index (χ2v) is 5.47. The Balaban J connectivity index is 1.86. The zero-order chi connectivity index (χ0) is 14.6. The molecule has 5 nitrogen and oxygen atoms in total. The molecule has 1 aliphatic heterocycles. The van der Waals surface area contributed by atoms with E-state index in [1.165, 1.54) is 0 Å². The summed E-state index contributed by atoms with van der Waals surface area (Å²) >= 11 is 0. The van der Waals surface area contributed by atoms with E-state index in [1.54, 1.807) is 12.1 Å². The first-order valence-corrected chi connectivity index (χ1v) is 7.02. The van der Waals surface area contributed by atoms with Gasteiger partial charge in [-0.25, -0.2) is 0 Å². The molecule has 0 saturated carbocycles. The summed E-state index contributed by atoms with van der Waals surface area (Å²) in [6.45, 7) is 3.31. The fourth-order valence-corrected chi connectivity index (χ4v) is 2.38. The number of carbonyl (C=O) groups excluding carboxylic acids is 1. The van der Waals surface area contributed by atoms with Gasteiger partial charge < -0.3 is 14.9 Å². The molecule has 110 valence electrons. The molecule has 0 spiro atoms. The monoisotopic (exact) mass is 277 g/mol. The standard InChI is InChI=1S/C15H23N3O2/c1-17-9-11-18(12-10-17)14(19)7-8-15(16,20)13-5-3-2-4-6-13/h2-6,20H,7-12,16H2,1H3. The van der Waals surface area contributed by atoms with E-state index in [4.69, 9.17) is 5.73 Å². The lowest BCUT2D eigenvalue weighted by atomic mass is 9.98. The molecule has 1 amide bonds. The highest BCUT2D eigenvalue weighted by molar-refractivity contribution is 5.76. The van der Waals surface area contributed by atoms with E-state index in [9.17, 15) is 9.90 Å². The number of nitrogens with zero attached hydrogens (tertiary/aromatic N) is 2. The maximum absolute atomic E-state index is 12.1. The first-order chi connectivity index (χ1) is 9.49. The summed E-state index contributed by atoms with van der Waals surface area (Å²) in [5.41, 5.74) is 5.12. The van der Waals surface area contributed by atoms with Gasteiger partial charge in [0.05, 0.1) is 0 Å². The van der Waals surface area contributed by atoms with Gasteiger partial charge >= 0.3 is 0 Å². The Morgan fingerprint density at radius 2 is 1.85 bits per heavy atom. The third-order valence-corrected chi connectivity index (χ3v) is 3.85. The topological polar surface area (TPSA) is 69.8 Å². The Hall–Kier alpha value is -1.43. The smallest absolute Gasteiger partial charge is 0.222 e. The predicted molar refractivity (Wildman–Crippen MR) is 77.8 cm³/mol. The molecule has 1 fully saturated rings. The normalized spacial score (nSPS) is 19.6. The molecule has 1 saturated heterocycles. The molecular weight excluding hydrogens is 254 g/mol. The van der Waals surface area contributed by atoms with Crippen molar-refractivity contribution in [2.75, 3.05) is 33.2 Å². The molecule has 0 aromatic heterocycles. The molecule has 1 heterocycles. The molecular formula is C15H23N3O2. The number of likely N-dealkylation sites (N-methyl/N-ethyl adjacent to an activating group) is 1.